The van der Waals surface area contributed by atoms with E-state index in [9.17, 15) is 0 Å². The fourth-order valence-corrected chi connectivity index (χ4v) is 2.12. The van der Waals surface area contributed by atoms with Gasteiger partial charge in [0.1, 0.15) is 0 Å². The third kappa shape index (κ3) is 3.11. The van der Waals surface area contributed by atoms with Gasteiger partial charge in [-0.05, 0) is 58.4 Å². The average Bonchev–Trinajstić information content (AvgIpc) is 2.54. The predicted molar refractivity (Wildman–Crippen MR) is 82.0 cm³/mol. The molecule has 5 heteroatoms. The molecule has 2 rings (SSSR count). The van der Waals surface area contributed by atoms with Gasteiger partial charge in [-0.1, -0.05) is 5.98 Å². The van der Waals surface area contributed by atoms with E-state index in [1.807, 2.05) is 58.8 Å². The number of hydrogen-bond donors (Lipinski definition) is 1. The first-order chi connectivity index (χ1) is 9.23. The van der Waals surface area contributed by atoms with Crippen LogP contribution in [0.15, 0.2) is 18.1 Å². The van der Waals surface area contributed by atoms with Gasteiger partial charge < -0.3 is 15.0 Å². The number of pyridine rings is 1. The van der Waals surface area contributed by atoms with Crippen molar-refractivity contribution in [1.29, 1.82) is 0 Å². The average molecular weight is 274 g/mol. The maximum absolute atomic E-state index is 5.91. The van der Waals surface area contributed by atoms with Crippen LogP contribution < -0.4 is 5.73 Å². The second kappa shape index (κ2) is 5.32. The topological polar surface area (TPSA) is 57.4 Å². The largest absolute Gasteiger partial charge is 0.487 e. The molecule has 0 aromatic carbocycles. The fourth-order valence-electron chi connectivity index (χ4n) is 2.12. The number of aromatic nitrogens is 1. The fraction of sp³-hybridized carbons (Fsp3) is 0.533. The summed E-state index contributed by atoms with van der Waals surface area (Å²) in [6.07, 6.45) is 1.92. The normalized spacial score (nSPS) is 20.8. The van der Waals surface area contributed by atoms with Gasteiger partial charge in [0, 0.05) is 12.2 Å². The van der Waals surface area contributed by atoms with Crippen LogP contribution in [0.25, 0.3) is 6.08 Å². The van der Waals surface area contributed by atoms with Crippen molar-refractivity contribution < 1.29 is 9.31 Å². The number of nitrogens with two attached hydrogens (primary N) is 1. The van der Waals surface area contributed by atoms with Crippen LogP contribution in [0.2, 0.25) is 0 Å². The van der Waals surface area contributed by atoms with Crippen molar-refractivity contribution in [1.82, 2.24) is 4.98 Å². The molecule has 20 heavy (non-hydrogen) atoms. The zero-order valence-electron chi connectivity index (χ0n) is 12.9. The quantitative estimate of drug-likeness (QED) is 0.860. The third-order valence-corrected chi connectivity index (χ3v) is 3.96. The number of aryl methyl sites for hydroxylation is 1. The second-order valence-electron chi connectivity index (χ2n) is 6.23. The second-order valence-corrected chi connectivity index (χ2v) is 6.23. The molecular weight excluding hydrogens is 251 g/mol. The number of hydrogen-bond acceptors (Lipinski definition) is 4. The minimum atomic E-state index is -0.344. The molecule has 0 aliphatic carbocycles. The molecule has 0 bridgehead atoms. The Morgan fingerprint density at radius 3 is 2.35 bits per heavy atom. The van der Waals surface area contributed by atoms with Gasteiger partial charge in [0.05, 0.1) is 16.9 Å². The summed E-state index contributed by atoms with van der Waals surface area (Å²) in [6.45, 7) is 10.6. The van der Waals surface area contributed by atoms with E-state index in [1.165, 1.54) is 0 Å². The molecule has 1 aromatic heterocycles. The van der Waals surface area contributed by atoms with Crippen LogP contribution in [-0.4, -0.2) is 23.3 Å². The highest BCUT2D eigenvalue weighted by atomic mass is 16.7. The first-order valence-corrected chi connectivity index (χ1v) is 6.95. The van der Waals surface area contributed by atoms with Gasteiger partial charge in [-0.3, -0.25) is 4.98 Å². The summed E-state index contributed by atoms with van der Waals surface area (Å²) in [7, 11) is -0.344. The maximum Gasteiger partial charge on any atom is 0.487 e. The predicted octanol–water partition coefficient (Wildman–Crippen LogP) is 2.49. The van der Waals surface area contributed by atoms with E-state index in [0.717, 1.165) is 17.0 Å². The highest BCUT2D eigenvalue weighted by molar-refractivity contribution is 6.52. The molecule has 0 spiro atoms. The molecule has 0 amide bonds. The molecule has 1 aliphatic heterocycles. The van der Waals surface area contributed by atoms with Crippen molar-refractivity contribution in [2.45, 2.75) is 52.4 Å². The lowest BCUT2D eigenvalue weighted by atomic mass is 9.89. The monoisotopic (exact) mass is 274 g/mol. The molecule has 1 fully saturated rings. The van der Waals surface area contributed by atoms with E-state index in [2.05, 4.69) is 4.98 Å². The Bertz CT molecular complexity index is 511. The molecule has 1 aromatic rings. The molecule has 1 aliphatic rings. The van der Waals surface area contributed by atoms with Crippen LogP contribution in [-0.2, 0) is 15.9 Å². The zero-order chi connectivity index (χ0) is 15.0. The number of rotatable bonds is 3. The van der Waals surface area contributed by atoms with Gasteiger partial charge in [-0.15, -0.1) is 0 Å². The zero-order valence-corrected chi connectivity index (χ0v) is 12.9. The Kier molecular flexibility index (Phi) is 4.05. The van der Waals surface area contributed by atoms with Gasteiger partial charge >= 0.3 is 7.12 Å². The van der Waals surface area contributed by atoms with Crippen molar-refractivity contribution in [3.63, 3.8) is 0 Å². The molecule has 0 unspecified atom stereocenters. The SMILES string of the molecule is Cc1cc(CN)cc(/C=C/B2OC(C)(C)C(C)(C)O2)n1. The first kappa shape index (κ1) is 15.2. The standard InChI is InChI=1S/C15H23BN2O2/c1-11-8-12(10-17)9-13(18-11)6-7-16-19-14(2,3)15(4,5)20-16/h6-9H,10,17H2,1-5H3/b7-6+. The van der Waals surface area contributed by atoms with Crippen LogP contribution in [0.4, 0.5) is 0 Å². The molecule has 4 nitrogen and oxygen atoms in total. The van der Waals surface area contributed by atoms with E-state index in [4.69, 9.17) is 15.0 Å². The Balaban J connectivity index is 2.13. The molecule has 1 saturated heterocycles. The molecule has 2 N–H and O–H groups in total. The third-order valence-electron chi connectivity index (χ3n) is 3.96. The summed E-state index contributed by atoms with van der Waals surface area (Å²) >= 11 is 0. The Labute approximate surface area is 121 Å². The van der Waals surface area contributed by atoms with E-state index in [1.54, 1.807) is 0 Å². The van der Waals surface area contributed by atoms with Crippen LogP contribution >= 0.6 is 0 Å². The van der Waals surface area contributed by atoms with Crippen LogP contribution in [0.5, 0.6) is 0 Å². The van der Waals surface area contributed by atoms with Crippen molar-refractivity contribution in [3.05, 3.63) is 35.1 Å². The van der Waals surface area contributed by atoms with E-state index < -0.39 is 0 Å². The molecule has 0 saturated carbocycles. The first-order valence-electron chi connectivity index (χ1n) is 6.95. The minimum Gasteiger partial charge on any atom is -0.400 e. The summed E-state index contributed by atoms with van der Waals surface area (Å²) in [4.78, 5) is 4.46. The van der Waals surface area contributed by atoms with Gasteiger partial charge in [0.25, 0.3) is 0 Å². The van der Waals surface area contributed by atoms with Crippen LogP contribution in [0.1, 0.15) is 44.6 Å². The van der Waals surface area contributed by atoms with E-state index >= 15 is 0 Å². The summed E-state index contributed by atoms with van der Waals surface area (Å²) in [5.74, 6) is 1.90. The summed E-state index contributed by atoms with van der Waals surface area (Å²) in [5.41, 5.74) is 7.96. The van der Waals surface area contributed by atoms with Gasteiger partial charge in [0.2, 0.25) is 0 Å². The van der Waals surface area contributed by atoms with E-state index in [0.29, 0.717) is 6.54 Å². The van der Waals surface area contributed by atoms with Crippen LogP contribution in [0.3, 0.4) is 0 Å². The highest BCUT2D eigenvalue weighted by Crippen LogP contribution is 2.36. The summed E-state index contributed by atoms with van der Waals surface area (Å²) < 4.78 is 11.8. The maximum atomic E-state index is 5.91. The Hall–Kier alpha value is -1.17. The summed E-state index contributed by atoms with van der Waals surface area (Å²) in [6, 6.07) is 3.97. The van der Waals surface area contributed by atoms with Crippen LogP contribution in [0, 0.1) is 6.92 Å². The van der Waals surface area contributed by atoms with Crippen molar-refractivity contribution in [2.75, 3.05) is 0 Å². The van der Waals surface area contributed by atoms with Gasteiger partial charge in [-0.2, -0.15) is 0 Å². The van der Waals surface area contributed by atoms with Crippen molar-refractivity contribution >= 4 is 13.2 Å². The Morgan fingerprint density at radius 1 is 1.20 bits per heavy atom. The molecule has 108 valence electrons. The van der Waals surface area contributed by atoms with Crippen molar-refractivity contribution in [3.8, 4) is 0 Å². The Morgan fingerprint density at radius 2 is 1.80 bits per heavy atom. The molecule has 0 atom stereocenters. The highest BCUT2D eigenvalue weighted by Gasteiger charge is 2.49. The lowest BCUT2D eigenvalue weighted by Crippen LogP contribution is -2.41. The molecule has 0 radical (unpaired) electrons. The number of nitrogens with zero attached hydrogens (tertiary/aromatic N) is 1. The van der Waals surface area contributed by atoms with Crippen molar-refractivity contribution in [2.24, 2.45) is 5.73 Å². The lowest BCUT2D eigenvalue weighted by molar-refractivity contribution is 0.00578. The van der Waals surface area contributed by atoms with E-state index in [-0.39, 0.29) is 18.3 Å². The van der Waals surface area contributed by atoms with Gasteiger partial charge in [-0.25, -0.2) is 0 Å². The minimum absolute atomic E-state index is 0.315. The molecular formula is C15H23BN2O2. The lowest BCUT2D eigenvalue weighted by Gasteiger charge is -2.32. The summed E-state index contributed by atoms with van der Waals surface area (Å²) in [5, 5.41) is 0. The smallest absolute Gasteiger partial charge is 0.400 e. The van der Waals surface area contributed by atoms with Gasteiger partial charge in [0.15, 0.2) is 0 Å². The molecule has 2 heterocycles.